The molecular formula is C11H14N2O2S2. The molecule has 0 aliphatic carbocycles. The maximum atomic E-state index is 11.9. The van der Waals surface area contributed by atoms with Gasteiger partial charge in [0.2, 0.25) is 0 Å². The van der Waals surface area contributed by atoms with Crippen LogP contribution in [-0.2, 0) is 9.53 Å². The molecule has 92 valence electrons. The molecule has 1 aliphatic rings. The third kappa shape index (κ3) is 3.24. The Labute approximate surface area is 110 Å². The second-order valence-electron chi connectivity index (χ2n) is 3.80. The highest BCUT2D eigenvalue weighted by Gasteiger charge is 2.19. The Kier molecular flexibility index (Phi) is 4.09. The van der Waals surface area contributed by atoms with Crippen LogP contribution in [0.3, 0.4) is 0 Å². The van der Waals surface area contributed by atoms with Crippen LogP contribution < -0.4 is 5.32 Å². The van der Waals surface area contributed by atoms with E-state index in [4.69, 9.17) is 17.0 Å². The number of anilines is 1. The molecule has 0 unspecified atom stereocenters. The normalized spacial score (nSPS) is 15.7. The third-order valence-electron chi connectivity index (χ3n) is 2.48. The van der Waals surface area contributed by atoms with E-state index in [1.165, 1.54) is 0 Å². The van der Waals surface area contributed by atoms with Crippen LogP contribution in [0, 0.1) is 6.92 Å². The molecule has 6 heteroatoms. The Hall–Kier alpha value is -0.980. The second-order valence-corrected chi connectivity index (χ2v) is 5.31. The van der Waals surface area contributed by atoms with Gasteiger partial charge in [0, 0.05) is 23.3 Å². The molecule has 1 aliphatic heterocycles. The van der Waals surface area contributed by atoms with Crippen LogP contribution in [0.5, 0.6) is 0 Å². The molecule has 1 fully saturated rings. The van der Waals surface area contributed by atoms with Crippen LogP contribution in [-0.4, -0.2) is 42.1 Å². The summed E-state index contributed by atoms with van der Waals surface area (Å²) in [6.45, 7) is 4.64. The fourth-order valence-corrected chi connectivity index (χ4v) is 2.47. The summed E-state index contributed by atoms with van der Waals surface area (Å²) in [6, 6.07) is 1.94. The van der Waals surface area contributed by atoms with Crippen LogP contribution in [0.2, 0.25) is 0 Å². The molecular weight excluding hydrogens is 256 g/mol. The molecule has 1 amide bonds. The average molecular weight is 270 g/mol. The number of carbonyl (C=O) groups is 1. The molecule has 0 spiro atoms. The maximum absolute atomic E-state index is 11.9. The quantitative estimate of drug-likeness (QED) is 0.788. The number of rotatable bonds is 1. The minimum Gasteiger partial charge on any atom is -0.378 e. The van der Waals surface area contributed by atoms with Gasteiger partial charge in [0.1, 0.15) is 0 Å². The summed E-state index contributed by atoms with van der Waals surface area (Å²) in [5.41, 5.74) is 0.813. The number of thiophene rings is 1. The first-order chi connectivity index (χ1) is 8.16. The SMILES string of the molecule is Cc1cc(NC(=O)C(=S)N2CCOCC2)cs1. The van der Waals surface area contributed by atoms with Gasteiger partial charge in [-0.25, -0.2) is 0 Å². The van der Waals surface area contributed by atoms with Crippen LogP contribution >= 0.6 is 23.6 Å². The van der Waals surface area contributed by atoms with E-state index in [0.29, 0.717) is 31.3 Å². The number of amides is 1. The molecule has 1 saturated heterocycles. The molecule has 17 heavy (non-hydrogen) atoms. The predicted molar refractivity (Wildman–Crippen MR) is 72.7 cm³/mol. The number of nitrogens with zero attached hydrogens (tertiary/aromatic N) is 1. The van der Waals surface area contributed by atoms with Crippen molar-refractivity contribution >= 4 is 40.1 Å². The molecule has 4 nitrogen and oxygen atoms in total. The van der Waals surface area contributed by atoms with Crippen molar-refractivity contribution in [3.8, 4) is 0 Å². The van der Waals surface area contributed by atoms with E-state index in [-0.39, 0.29) is 5.91 Å². The van der Waals surface area contributed by atoms with Gasteiger partial charge in [-0.15, -0.1) is 11.3 Å². The first kappa shape index (κ1) is 12.5. The Morgan fingerprint density at radius 3 is 2.82 bits per heavy atom. The summed E-state index contributed by atoms with van der Waals surface area (Å²) in [7, 11) is 0. The van der Waals surface area contributed by atoms with Gasteiger partial charge in [0.15, 0.2) is 4.99 Å². The average Bonchev–Trinajstić information content (AvgIpc) is 2.75. The molecule has 0 saturated carbocycles. The van der Waals surface area contributed by atoms with Gasteiger partial charge >= 0.3 is 0 Å². The third-order valence-corrected chi connectivity index (χ3v) is 3.79. The number of hydrogen-bond acceptors (Lipinski definition) is 4. The number of thiocarbonyl (C=S) groups is 1. The van der Waals surface area contributed by atoms with Gasteiger partial charge in [0.25, 0.3) is 5.91 Å². The fourth-order valence-electron chi connectivity index (χ4n) is 1.60. The molecule has 2 rings (SSSR count). The summed E-state index contributed by atoms with van der Waals surface area (Å²) in [4.78, 5) is 15.3. The lowest BCUT2D eigenvalue weighted by molar-refractivity contribution is -0.111. The van der Waals surface area contributed by atoms with Gasteiger partial charge in [-0.05, 0) is 13.0 Å². The van der Waals surface area contributed by atoms with E-state index in [0.717, 1.165) is 10.6 Å². The smallest absolute Gasteiger partial charge is 0.283 e. The van der Waals surface area contributed by atoms with Crippen LogP contribution in [0.25, 0.3) is 0 Å². The lowest BCUT2D eigenvalue weighted by Gasteiger charge is -2.28. The van der Waals surface area contributed by atoms with E-state index in [2.05, 4.69) is 5.32 Å². The molecule has 0 atom stereocenters. The van der Waals surface area contributed by atoms with Crippen molar-refractivity contribution in [1.82, 2.24) is 4.90 Å². The first-order valence-electron chi connectivity index (χ1n) is 5.40. The highest BCUT2D eigenvalue weighted by molar-refractivity contribution is 7.82. The fraction of sp³-hybridized carbons (Fsp3) is 0.455. The maximum Gasteiger partial charge on any atom is 0.283 e. The van der Waals surface area contributed by atoms with Crippen molar-refractivity contribution in [2.24, 2.45) is 0 Å². The summed E-state index contributed by atoms with van der Waals surface area (Å²) in [5, 5.41) is 4.72. The highest BCUT2D eigenvalue weighted by atomic mass is 32.1. The molecule has 2 heterocycles. The van der Waals surface area contributed by atoms with Gasteiger partial charge in [-0.2, -0.15) is 0 Å². The van der Waals surface area contributed by atoms with Gasteiger partial charge in [-0.3, -0.25) is 4.79 Å². The monoisotopic (exact) mass is 270 g/mol. The summed E-state index contributed by atoms with van der Waals surface area (Å²) >= 11 is 6.77. The van der Waals surface area contributed by atoms with E-state index >= 15 is 0 Å². The van der Waals surface area contributed by atoms with E-state index < -0.39 is 0 Å². The Morgan fingerprint density at radius 2 is 2.24 bits per heavy atom. The van der Waals surface area contributed by atoms with Crippen molar-refractivity contribution in [3.63, 3.8) is 0 Å². The summed E-state index contributed by atoms with van der Waals surface area (Å²) in [5.74, 6) is -0.209. The van der Waals surface area contributed by atoms with Gasteiger partial charge in [-0.1, -0.05) is 12.2 Å². The molecule has 1 aromatic rings. The topological polar surface area (TPSA) is 41.6 Å². The Bertz CT molecular complexity index is 425. The number of hydrogen-bond donors (Lipinski definition) is 1. The minimum atomic E-state index is -0.209. The van der Waals surface area contributed by atoms with Gasteiger partial charge in [0.05, 0.1) is 18.9 Å². The van der Waals surface area contributed by atoms with E-state index in [1.54, 1.807) is 11.3 Å². The standard InChI is InChI=1S/C11H14N2O2S2/c1-8-6-9(7-17-8)12-10(14)11(16)13-2-4-15-5-3-13/h6-7H,2-5H2,1H3,(H,12,14). The first-order valence-corrected chi connectivity index (χ1v) is 6.69. The zero-order chi connectivity index (χ0) is 12.3. The lowest BCUT2D eigenvalue weighted by Crippen LogP contribution is -2.44. The zero-order valence-corrected chi connectivity index (χ0v) is 11.2. The summed E-state index contributed by atoms with van der Waals surface area (Å²) in [6.07, 6.45) is 0. The minimum absolute atomic E-state index is 0.209. The van der Waals surface area contributed by atoms with Crippen LogP contribution in [0.4, 0.5) is 5.69 Å². The van der Waals surface area contributed by atoms with Crippen molar-refractivity contribution < 1.29 is 9.53 Å². The second kappa shape index (κ2) is 5.57. The molecule has 1 aromatic heterocycles. The zero-order valence-electron chi connectivity index (χ0n) is 9.56. The number of nitrogens with one attached hydrogen (secondary N) is 1. The van der Waals surface area contributed by atoms with E-state index in [9.17, 15) is 4.79 Å². The molecule has 0 radical (unpaired) electrons. The van der Waals surface area contributed by atoms with Gasteiger partial charge < -0.3 is 15.0 Å². The van der Waals surface area contributed by atoms with Crippen LogP contribution in [0.15, 0.2) is 11.4 Å². The summed E-state index contributed by atoms with van der Waals surface area (Å²) < 4.78 is 5.22. The molecule has 0 bridgehead atoms. The number of aryl methyl sites for hydroxylation is 1. The highest BCUT2D eigenvalue weighted by Crippen LogP contribution is 2.18. The largest absolute Gasteiger partial charge is 0.378 e. The molecule has 0 aromatic carbocycles. The van der Waals surface area contributed by atoms with Crippen molar-refractivity contribution in [3.05, 3.63) is 16.3 Å². The lowest BCUT2D eigenvalue weighted by atomic mass is 10.4. The van der Waals surface area contributed by atoms with Crippen molar-refractivity contribution in [2.75, 3.05) is 31.6 Å². The van der Waals surface area contributed by atoms with Crippen molar-refractivity contribution in [2.45, 2.75) is 6.92 Å². The Morgan fingerprint density at radius 1 is 1.53 bits per heavy atom. The number of ether oxygens (including phenoxy) is 1. The van der Waals surface area contributed by atoms with Crippen molar-refractivity contribution in [1.29, 1.82) is 0 Å². The number of carbonyl (C=O) groups excluding carboxylic acids is 1. The predicted octanol–water partition coefficient (Wildman–Crippen LogP) is 1.65. The van der Waals surface area contributed by atoms with Crippen LogP contribution in [0.1, 0.15) is 4.88 Å². The van der Waals surface area contributed by atoms with E-state index in [1.807, 2.05) is 23.3 Å². The molecule has 1 N–H and O–H groups in total. The number of morpholine rings is 1. The Balaban J connectivity index is 1.92.